The summed E-state index contributed by atoms with van der Waals surface area (Å²) in [5, 5.41) is 9.14. The van der Waals surface area contributed by atoms with Gasteiger partial charge in [-0.05, 0) is 12.5 Å². The third kappa shape index (κ3) is 4.37. The highest BCUT2D eigenvalue weighted by Gasteiger charge is 2.06. The molecule has 0 aliphatic carbocycles. The Labute approximate surface area is 121 Å². The van der Waals surface area contributed by atoms with Gasteiger partial charge in [0.15, 0.2) is 0 Å². The molecule has 2 heterocycles. The molecule has 0 radical (unpaired) electrons. The summed E-state index contributed by atoms with van der Waals surface area (Å²) in [5.74, 6) is -0.0536. The normalized spacial score (nSPS) is 10.1. The van der Waals surface area contributed by atoms with Gasteiger partial charge in [-0.1, -0.05) is 6.92 Å². The molecule has 2 rings (SSSR count). The van der Waals surface area contributed by atoms with Crippen molar-refractivity contribution in [2.75, 3.05) is 11.9 Å². The molecule has 0 spiro atoms. The predicted octanol–water partition coefficient (Wildman–Crippen LogP) is 0.517. The van der Waals surface area contributed by atoms with Gasteiger partial charge in [0.1, 0.15) is 0 Å². The number of carbonyl (C=O) groups excluding carboxylic acids is 2. The smallest absolute Gasteiger partial charge is 0.250 e. The average molecular weight is 288 g/mol. The number of carbonyl (C=O) groups is 2. The molecular formula is C13H16N6O2. The first kappa shape index (κ1) is 14.6. The molecular weight excluding hydrogens is 272 g/mol. The molecule has 0 saturated heterocycles. The van der Waals surface area contributed by atoms with Gasteiger partial charge in [-0.15, -0.1) is 0 Å². The fraction of sp³-hybridized carbons (Fsp3) is 0.308. The van der Waals surface area contributed by atoms with Gasteiger partial charge in [-0.2, -0.15) is 5.10 Å². The van der Waals surface area contributed by atoms with Gasteiger partial charge in [-0.3, -0.25) is 9.59 Å². The van der Waals surface area contributed by atoms with E-state index in [0.717, 1.165) is 6.42 Å². The van der Waals surface area contributed by atoms with Crippen molar-refractivity contribution in [3.05, 3.63) is 30.9 Å². The number of hydrogen-bond donors (Lipinski definition) is 2. The molecule has 110 valence electrons. The van der Waals surface area contributed by atoms with Crippen LogP contribution in [0.15, 0.2) is 30.9 Å². The van der Waals surface area contributed by atoms with Gasteiger partial charge < -0.3 is 10.6 Å². The van der Waals surface area contributed by atoms with E-state index in [9.17, 15) is 9.59 Å². The van der Waals surface area contributed by atoms with E-state index >= 15 is 0 Å². The molecule has 2 N–H and O–H groups in total. The molecule has 0 aliphatic heterocycles. The molecule has 2 aromatic rings. The Morgan fingerprint density at radius 3 is 2.62 bits per heavy atom. The van der Waals surface area contributed by atoms with Crippen LogP contribution < -0.4 is 10.6 Å². The van der Waals surface area contributed by atoms with Crippen LogP contribution >= 0.6 is 0 Å². The van der Waals surface area contributed by atoms with Crippen LogP contribution in [0.2, 0.25) is 0 Å². The van der Waals surface area contributed by atoms with Crippen molar-refractivity contribution < 1.29 is 9.59 Å². The lowest BCUT2D eigenvalue weighted by atomic mass is 10.3. The van der Waals surface area contributed by atoms with Gasteiger partial charge in [0, 0.05) is 18.8 Å². The Balaban J connectivity index is 1.85. The highest BCUT2D eigenvalue weighted by atomic mass is 16.2. The number of aromatic nitrogens is 4. The van der Waals surface area contributed by atoms with Crippen LogP contribution in [0.1, 0.15) is 19.8 Å². The highest BCUT2D eigenvalue weighted by Crippen LogP contribution is 2.04. The maximum Gasteiger partial charge on any atom is 0.250 e. The molecule has 8 heteroatoms. The summed E-state index contributed by atoms with van der Waals surface area (Å²) >= 11 is 0. The number of nitrogens with one attached hydrogen (secondary N) is 2. The molecule has 0 unspecified atom stereocenters. The summed E-state index contributed by atoms with van der Waals surface area (Å²) in [6.45, 7) is 1.83. The Bertz CT molecular complexity index is 594. The maximum atomic E-state index is 11.6. The van der Waals surface area contributed by atoms with Crippen LogP contribution in [0.3, 0.4) is 0 Å². The number of nitrogens with zero attached hydrogens (tertiary/aromatic N) is 4. The molecule has 0 aliphatic rings. The summed E-state index contributed by atoms with van der Waals surface area (Å²) in [5.41, 5.74) is 0.459. The van der Waals surface area contributed by atoms with Crippen molar-refractivity contribution >= 4 is 17.5 Å². The van der Waals surface area contributed by atoms with E-state index in [0.29, 0.717) is 18.1 Å². The molecule has 0 saturated carbocycles. The third-order valence-corrected chi connectivity index (χ3v) is 2.55. The van der Waals surface area contributed by atoms with Crippen LogP contribution in [-0.2, 0) is 9.59 Å². The van der Waals surface area contributed by atoms with E-state index in [2.05, 4.69) is 25.7 Å². The third-order valence-electron chi connectivity index (χ3n) is 2.55. The zero-order valence-electron chi connectivity index (χ0n) is 11.6. The van der Waals surface area contributed by atoms with Crippen LogP contribution in [0.5, 0.6) is 0 Å². The minimum Gasteiger partial charge on any atom is -0.347 e. The zero-order chi connectivity index (χ0) is 15.1. The summed E-state index contributed by atoms with van der Waals surface area (Å²) < 4.78 is 1.51. The van der Waals surface area contributed by atoms with E-state index in [1.807, 2.05) is 6.92 Å². The minimum atomic E-state index is -0.324. The van der Waals surface area contributed by atoms with E-state index in [4.69, 9.17) is 0 Å². The lowest BCUT2D eigenvalue weighted by Gasteiger charge is -2.06. The number of amides is 2. The second-order valence-corrected chi connectivity index (χ2v) is 4.30. The molecule has 21 heavy (non-hydrogen) atoms. The lowest BCUT2D eigenvalue weighted by molar-refractivity contribution is -0.124. The van der Waals surface area contributed by atoms with Crippen molar-refractivity contribution in [1.29, 1.82) is 0 Å². The standard InChI is InChI=1S/C13H16N6O2/c1-2-4-11(20)14-9-12(21)18-10-7-15-13(16-8-10)19-6-3-5-17-19/h3,5-8H,2,4,9H2,1H3,(H,14,20)(H,18,21). The van der Waals surface area contributed by atoms with Crippen LogP contribution in [0.25, 0.3) is 5.95 Å². The van der Waals surface area contributed by atoms with Crippen LogP contribution in [0, 0.1) is 0 Å². The Morgan fingerprint density at radius 2 is 2.00 bits per heavy atom. The summed E-state index contributed by atoms with van der Waals surface area (Å²) in [6.07, 6.45) is 7.46. The van der Waals surface area contributed by atoms with E-state index in [1.54, 1.807) is 18.5 Å². The Kier molecular flexibility index (Phi) is 4.97. The SMILES string of the molecule is CCCC(=O)NCC(=O)Nc1cnc(-n2cccn2)nc1. The van der Waals surface area contributed by atoms with Crippen molar-refractivity contribution in [3.63, 3.8) is 0 Å². The molecule has 0 fully saturated rings. The molecule has 2 amide bonds. The largest absolute Gasteiger partial charge is 0.347 e. The molecule has 0 aromatic carbocycles. The number of anilines is 1. The average Bonchev–Trinajstić information content (AvgIpc) is 3.00. The molecule has 8 nitrogen and oxygen atoms in total. The van der Waals surface area contributed by atoms with E-state index < -0.39 is 0 Å². The fourth-order valence-electron chi connectivity index (χ4n) is 1.59. The quantitative estimate of drug-likeness (QED) is 0.806. The lowest BCUT2D eigenvalue weighted by Crippen LogP contribution is -2.32. The van der Waals surface area contributed by atoms with Gasteiger partial charge in [0.05, 0.1) is 24.6 Å². The monoisotopic (exact) mass is 288 g/mol. The molecule has 0 atom stereocenters. The van der Waals surface area contributed by atoms with Gasteiger partial charge in [-0.25, -0.2) is 14.6 Å². The summed E-state index contributed by atoms with van der Waals surface area (Å²) in [7, 11) is 0. The van der Waals surface area contributed by atoms with Gasteiger partial charge >= 0.3 is 0 Å². The summed E-state index contributed by atoms with van der Waals surface area (Å²) in [4.78, 5) is 31.1. The molecule has 2 aromatic heterocycles. The first-order valence-electron chi connectivity index (χ1n) is 6.57. The molecule has 0 bridgehead atoms. The van der Waals surface area contributed by atoms with E-state index in [-0.39, 0.29) is 18.4 Å². The fourth-order valence-corrected chi connectivity index (χ4v) is 1.59. The topological polar surface area (TPSA) is 102 Å². The first-order valence-corrected chi connectivity index (χ1v) is 6.57. The maximum absolute atomic E-state index is 11.6. The first-order chi connectivity index (χ1) is 10.2. The number of hydrogen-bond acceptors (Lipinski definition) is 5. The Hall–Kier alpha value is -2.77. The highest BCUT2D eigenvalue weighted by molar-refractivity contribution is 5.94. The second-order valence-electron chi connectivity index (χ2n) is 4.30. The minimum absolute atomic E-state index is 0.0697. The van der Waals surface area contributed by atoms with E-state index in [1.165, 1.54) is 17.1 Å². The van der Waals surface area contributed by atoms with Crippen LogP contribution in [0.4, 0.5) is 5.69 Å². The zero-order valence-corrected chi connectivity index (χ0v) is 11.6. The van der Waals surface area contributed by atoms with Crippen molar-refractivity contribution in [3.8, 4) is 5.95 Å². The van der Waals surface area contributed by atoms with Crippen LogP contribution in [-0.4, -0.2) is 38.1 Å². The second kappa shape index (κ2) is 7.13. The predicted molar refractivity (Wildman–Crippen MR) is 75.7 cm³/mol. The summed E-state index contributed by atoms with van der Waals surface area (Å²) in [6, 6.07) is 1.76. The van der Waals surface area contributed by atoms with Crippen molar-refractivity contribution in [1.82, 2.24) is 25.1 Å². The van der Waals surface area contributed by atoms with Gasteiger partial charge in [0.2, 0.25) is 11.8 Å². The van der Waals surface area contributed by atoms with Crippen molar-refractivity contribution in [2.45, 2.75) is 19.8 Å². The Morgan fingerprint density at radius 1 is 1.24 bits per heavy atom. The number of rotatable bonds is 6. The van der Waals surface area contributed by atoms with Gasteiger partial charge in [0.25, 0.3) is 5.95 Å². The van der Waals surface area contributed by atoms with Crippen molar-refractivity contribution in [2.24, 2.45) is 0 Å².